The van der Waals surface area contributed by atoms with Gasteiger partial charge in [-0.1, -0.05) is 39.1 Å². The fraction of sp³-hybridized carbons (Fsp3) is 0.211. The summed E-state index contributed by atoms with van der Waals surface area (Å²) in [6.07, 6.45) is 1.39. The number of hydrogen-bond acceptors (Lipinski definition) is 4. The monoisotopic (exact) mass is 470 g/mol. The number of rotatable bonds is 4. The molecule has 0 aromatic heterocycles. The first-order valence-corrected chi connectivity index (χ1v) is 9.43. The van der Waals surface area contributed by atoms with Gasteiger partial charge in [0.05, 0.1) is 22.2 Å². The molecule has 5 nitrogen and oxygen atoms in total. The molecule has 1 N–H and O–H groups in total. The minimum absolute atomic E-state index is 0.220. The Labute approximate surface area is 175 Å². The lowest BCUT2D eigenvalue weighted by Crippen LogP contribution is -2.26. The number of halogens is 3. The third-order valence-electron chi connectivity index (χ3n) is 3.33. The van der Waals surface area contributed by atoms with Crippen LogP contribution in [-0.4, -0.2) is 18.1 Å². The molecule has 8 heteroatoms. The Kier molecular flexibility index (Phi) is 7.03. The Morgan fingerprint density at radius 3 is 2.48 bits per heavy atom. The van der Waals surface area contributed by atoms with Gasteiger partial charge < -0.3 is 4.74 Å². The molecule has 0 spiro atoms. The smallest absolute Gasteiger partial charge is 0.316 e. The molecule has 0 heterocycles. The molecule has 27 heavy (non-hydrogen) atoms. The summed E-state index contributed by atoms with van der Waals surface area (Å²) in [5.41, 5.74) is 2.49. The van der Waals surface area contributed by atoms with E-state index < -0.39 is 11.3 Å². The molecule has 142 valence electrons. The van der Waals surface area contributed by atoms with Crippen molar-refractivity contribution in [2.45, 2.75) is 20.8 Å². The summed E-state index contributed by atoms with van der Waals surface area (Å²) in [4.78, 5) is 24.3. The minimum atomic E-state index is -0.652. The van der Waals surface area contributed by atoms with Gasteiger partial charge in [0.1, 0.15) is 5.75 Å². The fourth-order valence-corrected chi connectivity index (χ4v) is 2.73. The number of hydrogen-bond donors (Lipinski definition) is 1. The van der Waals surface area contributed by atoms with E-state index in [1.165, 1.54) is 18.3 Å². The second-order valence-corrected chi connectivity index (χ2v) is 8.40. The Balaban J connectivity index is 2.17. The van der Waals surface area contributed by atoms with E-state index in [1.54, 1.807) is 45.0 Å². The van der Waals surface area contributed by atoms with Crippen LogP contribution in [0.1, 0.15) is 36.7 Å². The maximum Gasteiger partial charge on any atom is 0.316 e. The van der Waals surface area contributed by atoms with Gasteiger partial charge in [-0.15, -0.1) is 0 Å². The zero-order valence-corrected chi connectivity index (χ0v) is 17.9. The topological polar surface area (TPSA) is 67.8 Å². The van der Waals surface area contributed by atoms with E-state index in [2.05, 4.69) is 26.5 Å². The Bertz CT molecular complexity index is 908. The highest BCUT2D eigenvalue weighted by atomic mass is 79.9. The molecular weight excluding hydrogens is 455 g/mol. The van der Waals surface area contributed by atoms with E-state index in [4.69, 9.17) is 27.9 Å². The van der Waals surface area contributed by atoms with Crippen LogP contribution in [0.5, 0.6) is 5.75 Å². The molecule has 2 aromatic rings. The molecule has 0 saturated heterocycles. The van der Waals surface area contributed by atoms with Gasteiger partial charge in [0.15, 0.2) is 0 Å². The van der Waals surface area contributed by atoms with Crippen molar-refractivity contribution in [3.8, 4) is 5.75 Å². The number of benzene rings is 2. The molecule has 0 atom stereocenters. The van der Waals surface area contributed by atoms with Crippen molar-refractivity contribution in [1.82, 2.24) is 5.43 Å². The van der Waals surface area contributed by atoms with Gasteiger partial charge in [-0.05, 0) is 57.2 Å². The van der Waals surface area contributed by atoms with Crippen LogP contribution >= 0.6 is 39.1 Å². The second-order valence-electron chi connectivity index (χ2n) is 6.64. The van der Waals surface area contributed by atoms with Crippen LogP contribution in [0.2, 0.25) is 10.0 Å². The number of esters is 1. The first kappa shape index (κ1) is 21.4. The molecule has 0 unspecified atom stereocenters. The van der Waals surface area contributed by atoms with Gasteiger partial charge in [-0.25, -0.2) is 5.43 Å². The summed E-state index contributed by atoms with van der Waals surface area (Å²) >= 11 is 15.2. The largest absolute Gasteiger partial charge is 0.425 e. The van der Waals surface area contributed by atoms with Gasteiger partial charge in [0.2, 0.25) is 0 Å². The van der Waals surface area contributed by atoms with Crippen LogP contribution in [-0.2, 0) is 4.79 Å². The van der Waals surface area contributed by atoms with Crippen molar-refractivity contribution in [2.75, 3.05) is 0 Å². The molecule has 0 aliphatic heterocycles. The number of nitrogens with zero attached hydrogens (tertiary/aromatic N) is 1. The first-order valence-electron chi connectivity index (χ1n) is 7.88. The van der Waals surface area contributed by atoms with Crippen molar-refractivity contribution in [2.24, 2.45) is 10.5 Å². The lowest BCUT2D eigenvalue weighted by Gasteiger charge is -2.17. The highest BCUT2D eigenvalue weighted by molar-refractivity contribution is 9.10. The van der Waals surface area contributed by atoms with Gasteiger partial charge >= 0.3 is 5.97 Å². The molecule has 2 rings (SSSR count). The normalized spacial score (nSPS) is 11.5. The number of ether oxygens (including phenoxy) is 1. The van der Waals surface area contributed by atoms with E-state index >= 15 is 0 Å². The second kappa shape index (κ2) is 8.87. The van der Waals surface area contributed by atoms with Gasteiger partial charge in [-0.2, -0.15) is 5.10 Å². The van der Waals surface area contributed by atoms with E-state index in [-0.39, 0.29) is 16.6 Å². The van der Waals surface area contributed by atoms with Crippen LogP contribution in [0.4, 0.5) is 0 Å². The van der Waals surface area contributed by atoms with Gasteiger partial charge in [0.25, 0.3) is 5.91 Å². The first-order chi connectivity index (χ1) is 12.6. The summed E-state index contributed by atoms with van der Waals surface area (Å²) in [5.74, 6) is -0.534. The van der Waals surface area contributed by atoms with Crippen LogP contribution < -0.4 is 10.2 Å². The molecule has 0 radical (unpaired) electrons. The van der Waals surface area contributed by atoms with Crippen molar-refractivity contribution >= 4 is 57.2 Å². The lowest BCUT2D eigenvalue weighted by molar-refractivity contribution is -0.143. The van der Waals surface area contributed by atoms with Crippen molar-refractivity contribution in [1.29, 1.82) is 0 Å². The van der Waals surface area contributed by atoms with Gasteiger partial charge in [-0.3, -0.25) is 9.59 Å². The lowest BCUT2D eigenvalue weighted by atomic mass is 9.97. The average Bonchev–Trinajstić information content (AvgIpc) is 2.56. The summed E-state index contributed by atoms with van der Waals surface area (Å²) < 4.78 is 6.21. The van der Waals surface area contributed by atoms with Gasteiger partial charge in [0, 0.05) is 15.1 Å². The molecule has 0 saturated carbocycles. The predicted octanol–water partition coefficient (Wildman–Crippen LogP) is 5.47. The Hall–Kier alpha value is -1.89. The molecule has 0 aliphatic carbocycles. The number of hydrazone groups is 1. The molecular formula is C19H17BrCl2N2O3. The Morgan fingerprint density at radius 2 is 1.85 bits per heavy atom. The summed E-state index contributed by atoms with van der Waals surface area (Å²) in [7, 11) is 0. The summed E-state index contributed by atoms with van der Waals surface area (Å²) in [5, 5.41) is 4.57. The number of nitrogens with one attached hydrogen (secondary N) is 1. The highest BCUT2D eigenvalue weighted by Gasteiger charge is 2.24. The third-order valence-corrected chi connectivity index (χ3v) is 4.37. The van der Waals surface area contributed by atoms with Crippen LogP contribution in [0.15, 0.2) is 46.0 Å². The Morgan fingerprint density at radius 1 is 1.15 bits per heavy atom. The van der Waals surface area contributed by atoms with Crippen LogP contribution in [0.3, 0.4) is 0 Å². The van der Waals surface area contributed by atoms with Crippen molar-refractivity contribution in [3.05, 3.63) is 62.0 Å². The van der Waals surface area contributed by atoms with E-state index in [9.17, 15) is 9.59 Å². The predicted molar refractivity (Wildman–Crippen MR) is 111 cm³/mol. The standard InChI is InChI=1S/C19H17BrCl2N2O3/c1-19(2,3)18(26)27-16-7-4-12(20)8-11(16)10-23-24-17(25)14-6-5-13(21)9-15(14)22/h4-10H,1-3H3,(H,24,25). The SMILES string of the molecule is CC(C)(C)C(=O)Oc1ccc(Br)cc1C=NNC(=O)c1ccc(Cl)cc1Cl. The minimum Gasteiger partial charge on any atom is -0.425 e. The van der Waals surface area contributed by atoms with E-state index in [0.717, 1.165) is 4.47 Å². The van der Waals surface area contributed by atoms with Crippen molar-refractivity contribution in [3.63, 3.8) is 0 Å². The van der Waals surface area contributed by atoms with Crippen LogP contribution in [0, 0.1) is 5.41 Å². The maximum absolute atomic E-state index is 12.2. The number of amides is 1. The fourth-order valence-electron chi connectivity index (χ4n) is 1.86. The summed E-state index contributed by atoms with van der Waals surface area (Å²) in [6, 6.07) is 9.65. The van der Waals surface area contributed by atoms with E-state index in [1.807, 2.05) is 0 Å². The number of carbonyl (C=O) groups excluding carboxylic acids is 2. The molecule has 0 fully saturated rings. The van der Waals surface area contributed by atoms with E-state index in [0.29, 0.717) is 16.3 Å². The molecule has 1 amide bonds. The summed E-state index contributed by atoms with van der Waals surface area (Å²) in [6.45, 7) is 5.29. The third kappa shape index (κ3) is 6.06. The molecule has 0 bridgehead atoms. The quantitative estimate of drug-likeness (QED) is 0.278. The maximum atomic E-state index is 12.2. The van der Waals surface area contributed by atoms with Crippen molar-refractivity contribution < 1.29 is 14.3 Å². The highest BCUT2D eigenvalue weighted by Crippen LogP contribution is 2.25. The molecule has 0 aliphatic rings. The molecule has 2 aromatic carbocycles. The average molecular weight is 472 g/mol. The number of carbonyl (C=O) groups is 2. The van der Waals surface area contributed by atoms with Crippen LogP contribution in [0.25, 0.3) is 0 Å². The zero-order valence-electron chi connectivity index (χ0n) is 14.8. The zero-order chi connectivity index (χ0) is 20.2.